The van der Waals surface area contributed by atoms with Crippen molar-refractivity contribution >= 4 is 16.1 Å². The molecule has 0 radical (unpaired) electrons. The van der Waals surface area contributed by atoms with E-state index in [4.69, 9.17) is 0 Å². The summed E-state index contributed by atoms with van der Waals surface area (Å²) >= 11 is 0. The Morgan fingerprint density at radius 2 is 2.06 bits per heavy atom. The maximum absolute atomic E-state index is 11.6. The van der Waals surface area contributed by atoms with E-state index in [0.717, 1.165) is 12.8 Å². The van der Waals surface area contributed by atoms with Gasteiger partial charge in [-0.15, -0.1) is 0 Å². The second kappa shape index (κ2) is 6.20. The molecule has 100 valence electrons. The third-order valence-corrected chi connectivity index (χ3v) is 4.48. The minimum atomic E-state index is -3.08. The molecule has 0 aromatic rings. The zero-order chi connectivity index (χ0) is 12.9. The number of nitrogens with zero attached hydrogens (tertiary/aromatic N) is 1. The van der Waals surface area contributed by atoms with Crippen molar-refractivity contribution in [1.29, 1.82) is 0 Å². The Hall–Kier alpha value is -0.820. The lowest BCUT2D eigenvalue weighted by atomic mass is 10.3. The van der Waals surface area contributed by atoms with Gasteiger partial charge in [0.1, 0.15) is 0 Å². The fourth-order valence-electron chi connectivity index (χ4n) is 1.70. The van der Waals surface area contributed by atoms with E-state index in [9.17, 15) is 13.2 Å². The zero-order valence-corrected chi connectivity index (χ0v) is 11.2. The van der Waals surface area contributed by atoms with Crippen molar-refractivity contribution in [2.75, 3.05) is 25.4 Å². The fourth-order valence-corrected chi connectivity index (χ4v) is 3.30. The number of sulfonamides is 1. The largest absolute Gasteiger partial charge is 0.337 e. The molecule has 17 heavy (non-hydrogen) atoms. The molecule has 1 aliphatic rings. The van der Waals surface area contributed by atoms with Gasteiger partial charge in [-0.3, -0.25) is 0 Å². The molecule has 0 bridgehead atoms. The highest BCUT2D eigenvalue weighted by molar-refractivity contribution is 7.89. The lowest BCUT2D eigenvalue weighted by Crippen LogP contribution is -2.45. The molecule has 1 fully saturated rings. The summed E-state index contributed by atoms with van der Waals surface area (Å²) in [6.45, 7) is 5.00. The molecule has 0 spiro atoms. The van der Waals surface area contributed by atoms with Gasteiger partial charge < -0.3 is 10.6 Å². The Labute approximate surface area is 103 Å². The molecule has 2 amide bonds. The number of hydrogen-bond donors (Lipinski definition) is 2. The highest BCUT2D eigenvalue weighted by atomic mass is 32.2. The summed E-state index contributed by atoms with van der Waals surface area (Å²) in [5.74, 6) is 0.227. The SMILES string of the molecule is CC(C)NC(=O)NCCN1CCCCS1(=O)=O. The second-order valence-electron chi connectivity index (χ2n) is 4.48. The molecule has 6 nitrogen and oxygen atoms in total. The van der Waals surface area contributed by atoms with Crippen LogP contribution in [0.1, 0.15) is 26.7 Å². The summed E-state index contributed by atoms with van der Waals surface area (Å²) < 4.78 is 24.7. The van der Waals surface area contributed by atoms with Crippen LogP contribution in [0, 0.1) is 0 Å². The van der Waals surface area contributed by atoms with E-state index in [-0.39, 0.29) is 17.8 Å². The van der Waals surface area contributed by atoms with Gasteiger partial charge in [-0.25, -0.2) is 17.5 Å². The van der Waals surface area contributed by atoms with Gasteiger partial charge in [0.25, 0.3) is 0 Å². The third kappa shape index (κ3) is 4.91. The van der Waals surface area contributed by atoms with Crippen LogP contribution in [0.5, 0.6) is 0 Å². The van der Waals surface area contributed by atoms with Crippen molar-refractivity contribution in [3.63, 3.8) is 0 Å². The van der Waals surface area contributed by atoms with Gasteiger partial charge in [0.05, 0.1) is 5.75 Å². The maximum atomic E-state index is 11.6. The Kier molecular flexibility index (Phi) is 5.20. The van der Waals surface area contributed by atoms with Crippen LogP contribution in [0.2, 0.25) is 0 Å². The minimum absolute atomic E-state index is 0.0775. The van der Waals surface area contributed by atoms with E-state index in [1.54, 1.807) is 0 Å². The molecule has 0 unspecified atom stereocenters. The van der Waals surface area contributed by atoms with Crippen LogP contribution >= 0.6 is 0 Å². The van der Waals surface area contributed by atoms with Gasteiger partial charge in [0, 0.05) is 25.7 Å². The first-order valence-electron chi connectivity index (χ1n) is 5.94. The van der Waals surface area contributed by atoms with Crippen LogP contribution in [0.25, 0.3) is 0 Å². The van der Waals surface area contributed by atoms with Crippen molar-refractivity contribution in [2.45, 2.75) is 32.7 Å². The summed E-state index contributed by atoms with van der Waals surface area (Å²) in [5.41, 5.74) is 0. The number of nitrogens with one attached hydrogen (secondary N) is 2. The minimum Gasteiger partial charge on any atom is -0.337 e. The van der Waals surface area contributed by atoms with Crippen molar-refractivity contribution < 1.29 is 13.2 Å². The number of carbonyl (C=O) groups excluding carboxylic acids is 1. The molecular formula is C10H21N3O3S. The third-order valence-electron chi connectivity index (χ3n) is 2.52. The van der Waals surface area contributed by atoms with Crippen molar-refractivity contribution in [3.8, 4) is 0 Å². The van der Waals surface area contributed by atoms with Gasteiger partial charge in [0.15, 0.2) is 0 Å². The molecule has 7 heteroatoms. The van der Waals surface area contributed by atoms with E-state index in [2.05, 4.69) is 10.6 Å². The standard InChI is InChI=1S/C10H21N3O3S/c1-9(2)12-10(14)11-5-7-13-6-3-4-8-17(13,15)16/h9H,3-8H2,1-2H3,(H2,11,12,14). The van der Waals surface area contributed by atoms with E-state index in [0.29, 0.717) is 19.6 Å². The van der Waals surface area contributed by atoms with Gasteiger partial charge in [-0.1, -0.05) is 0 Å². The summed E-state index contributed by atoms with van der Waals surface area (Å²) in [7, 11) is -3.08. The summed E-state index contributed by atoms with van der Waals surface area (Å²) in [6.07, 6.45) is 1.64. The summed E-state index contributed by atoms with van der Waals surface area (Å²) in [4.78, 5) is 11.3. The molecule has 1 heterocycles. The fraction of sp³-hybridized carbons (Fsp3) is 0.900. The van der Waals surface area contributed by atoms with Crippen molar-refractivity contribution in [3.05, 3.63) is 0 Å². The van der Waals surface area contributed by atoms with Crippen LogP contribution in [-0.2, 0) is 10.0 Å². The average Bonchev–Trinajstić information content (AvgIpc) is 2.19. The molecule has 0 aromatic heterocycles. The van der Waals surface area contributed by atoms with Crippen LogP contribution < -0.4 is 10.6 Å². The van der Waals surface area contributed by atoms with Gasteiger partial charge in [0.2, 0.25) is 10.0 Å². The van der Waals surface area contributed by atoms with E-state index in [1.165, 1.54) is 4.31 Å². The van der Waals surface area contributed by atoms with E-state index in [1.807, 2.05) is 13.8 Å². The summed E-state index contributed by atoms with van der Waals surface area (Å²) in [5, 5.41) is 5.33. The van der Waals surface area contributed by atoms with Crippen LogP contribution in [0.15, 0.2) is 0 Å². The highest BCUT2D eigenvalue weighted by Crippen LogP contribution is 2.12. The normalized spacial score (nSPS) is 20.2. The average molecular weight is 263 g/mol. The molecule has 0 atom stereocenters. The maximum Gasteiger partial charge on any atom is 0.315 e. The highest BCUT2D eigenvalue weighted by Gasteiger charge is 2.24. The van der Waals surface area contributed by atoms with Crippen LogP contribution in [0.4, 0.5) is 4.79 Å². The molecule has 2 N–H and O–H groups in total. The lowest BCUT2D eigenvalue weighted by Gasteiger charge is -2.26. The quantitative estimate of drug-likeness (QED) is 0.756. The molecule has 0 aromatic carbocycles. The number of carbonyl (C=O) groups is 1. The predicted octanol–water partition coefficient (Wildman–Crippen LogP) is 0.120. The van der Waals surface area contributed by atoms with Gasteiger partial charge in [-0.2, -0.15) is 0 Å². The lowest BCUT2D eigenvalue weighted by molar-refractivity contribution is 0.237. The Morgan fingerprint density at radius 3 is 2.65 bits per heavy atom. The monoisotopic (exact) mass is 263 g/mol. The van der Waals surface area contributed by atoms with E-state index >= 15 is 0 Å². The molecule has 0 aliphatic carbocycles. The van der Waals surface area contributed by atoms with Crippen LogP contribution in [-0.4, -0.2) is 50.2 Å². The number of hydrogen-bond acceptors (Lipinski definition) is 3. The second-order valence-corrected chi connectivity index (χ2v) is 6.57. The first kappa shape index (κ1) is 14.2. The predicted molar refractivity (Wildman–Crippen MR) is 66.3 cm³/mol. The molecule has 1 rings (SSSR count). The van der Waals surface area contributed by atoms with Crippen LogP contribution in [0.3, 0.4) is 0 Å². The molecule has 1 saturated heterocycles. The molecular weight excluding hydrogens is 242 g/mol. The topological polar surface area (TPSA) is 78.5 Å². The summed E-state index contributed by atoms with van der Waals surface area (Å²) in [6, 6.07) is -0.178. The van der Waals surface area contributed by atoms with Gasteiger partial charge >= 0.3 is 6.03 Å². The number of rotatable bonds is 4. The smallest absolute Gasteiger partial charge is 0.315 e. The van der Waals surface area contributed by atoms with Gasteiger partial charge in [-0.05, 0) is 26.7 Å². The Balaban J connectivity index is 2.28. The molecule has 1 aliphatic heterocycles. The molecule has 0 saturated carbocycles. The number of urea groups is 1. The van der Waals surface area contributed by atoms with E-state index < -0.39 is 10.0 Å². The first-order valence-corrected chi connectivity index (χ1v) is 7.55. The van der Waals surface area contributed by atoms with Crippen molar-refractivity contribution in [2.24, 2.45) is 0 Å². The number of amides is 2. The van der Waals surface area contributed by atoms with Crippen molar-refractivity contribution in [1.82, 2.24) is 14.9 Å². The first-order chi connectivity index (χ1) is 7.92. The Bertz CT molecular complexity index is 354. The Morgan fingerprint density at radius 1 is 1.35 bits per heavy atom. The zero-order valence-electron chi connectivity index (χ0n) is 10.4.